The highest BCUT2D eigenvalue weighted by molar-refractivity contribution is 5.83. The number of hydrogen-bond acceptors (Lipinski definition) is 3. The molecule has 2 saturated heterocycles. The van der Waals surface area contributed by atoms with Crippen LogP contribution < -0.4 is 10.6 Å². The van der Waals surface area contributed by atoms with Crippen LogP contribution >= 0.6 is 0 Å². The quantitative estimate of drug-likeness (QED) is 0.738. The van der Waals surface area contributed by atoms with Crippen molar-refractivity contribution in [1.29, 1.82) is 0 Å². The maximum atomic E-state index is 12.2. The fourth-order valence-corrected chi connectivity index (χ4v) is 2.92. The standard InChI is InChI=1S/C13H25N3O/c1-2-13(5-6-14-11-13)12(17)15-7-10-16-8-3-4-9-16/h14H,2-11H2,1H3,(H,15,17). The van der Waals surface area contributed by atoms with E-state index in [1.807, 2.05) is 0 Å². The van der Waals surface area contributed by atoms with Crippen LogP contribution in [-0.4, -0.2) is 50.1 Å². The molecule has 0 spiro atoms. The van der Waals surface area contributed by atoms with Crippen molar-refractivity contribution in [2.24, 2.45) is 5.41 Å². The van der Waals surface area contributed by atoms with Crippen LogP contribution in [0.15, 0.2) is 0 Å². The molecule has 0 radical (unpaired) electrons. The van der Waals surface area contributed by atoms with Crippen molar-refractivity contribution in [1.82, 2.24) is 15.5 Å². The SMILES string of the molecule is CCC1(C(=O)NCCN2CCCC2)CCNC1. The minimum atomic E-state index is -0.134. The lowest BCUT2D eigenvalue weighted by Crippen LogP contribution is -2.44. The molecule has 0 aromatic rings. The van der Waals surface area contributed by atoms with Gasteiger partial charge in [-0.25, -0.2) is 0 Å². The highest BCUT2D eigenvalue weighted by Crippen LogP contribution is 2.29. The van der Waals surface area contributed by atoms with Crippen molar-refractivity contribution in [3.05, 3.63) is 0 Å². The largest absolute Gasteiger partial charge is 0.354 e. The van der Waals surface area contributed by atoms with Crippen molar-refractivity contribution < 1.29 is 4.79 Å². The van der Waals surface area contributed by atoms with E-state index in [2.05, 4.69) is 22.5 Å². The van der Waals surface area contributed by atoms with Crippen LogP contribution in [0.3, 0.4) is 0 Å². The summed E-state index contributed by atoms with van der Waals surface area (Å²) in [6.07, 6.45) is 4.56. The molecule has 2 aliphatic rings. The molecule has 1 amide bonds. The van der Waals surface area contributed by atoms with Crippen molar-refractivity contribution in [2.75, 3.05) is 39.3 Å². The van der Waals surface area contributed by atoms with E-state index < -0.39 is 0 Å². The Balaban J connectivity index is 1.72. The summed E-state index contributed by atoms with van der Waals surface area (Å²) in [6, 6.07) is 0. The second kappa shape index (κ2) is 5.83. The average Bonchev–Trinajstić information content (AvgIpc) is 3.00. The van der Waals surface area contributed by atoms with E-state index in [1.54, 1.807) is 0 Å². The van der Waals surface area contributed by atoms with E-state index in [-0.39, 0.29) is 11.3 Å². The van der Waals surface area contributed by atoms with Gasteiger partial charge >= 0.3 is 0 Å². The number of carbonyl (C=O) groups excluding carboxylic acids is 1. The Labute approximate surface area is 104 Å². The second-order valence-electron chi connectivity index (χ2n) is 5.37. The van der Waals surface area contributed by atoms with Crippen molar-refractivity contribution in [2.45, 2.75) is 32.6 Å². The lowest BCUT2D eigenvalue weighted by molar-refractivity contribution is -0.130. The number of nitrogens with one attached hydrogen (secondary N) is 2. The third-order valence-corrected chi connectivity index (χ3v) is 4.31. The van der Waals surface area contributed by atoms with E-state index in [0.717, 1.165) is 39.0 Å². The molecule has 1 atom stereocenters. The van der Waals surface area contributed by atoms with E-state index >= 15 is 0 Å². The molecular weight excluding hydrogens is 214 g/mol. The summed E-state index contributed by atoms with van der Waals surface area (Å²) in [5, 5.41) is 6.43. The predicted octanol–water partition coefficient (Wildman–Crippen LogP) is 0.588. The van der Waals surface area contributed by atoms with Crippen molar-refractivity contribution in [3.8, 4) is 0 Å². The summed E-state index contributed by atoms with van der Waals surface area (Å²) in [5.41, 5.74) is -0.134. The monoisotopic (exact) mass is 239 g/mol. The molecule has 4 nitrogen and oxygen atoms in total. The Morgan fingerprint density at radius 1 is 1.41 bits per heavy atom. The summed E-state index contributed by atoms with van der Waals surface area (Å²) in [4.78, 5) is 14.6. The number of hydrogen-bond donors (Lipinski definition) is 2. The normalized spacial score (nSPS) is 29.7. The van der Waals surface area contributed by atoms with Gasteiger partial charge in [0, 0.05) is 19.6 Å². The van der Waals surface area contributed by atoms with Gasteiger partial charge < -0.3 is 15.5 Å². The van der Waals surface area contributed by atoms with Crippen LogP contribution in [0.2, 0.25) is 0 Å². The highest BCUT2D eigenvalue weighted by atomic mass is 16.2. The van der Waals surface area contributed by atoms with Gasteiger partial charge in [0.25, 0.3) is 0 Å². The Kier molecular flexibility index (Phi) is 4.40. The van der Waals surface area contributed by atoms with Crippen LogP contribution in [0.4, 0.5) is 0 Å². The highest BCUT2D eigenvalue weighted by Gasteiger charge is 2.39. The average molecular weight is 239 g/mol. The molecule has 0 saturated carbocycles. The zero-order valence-corrected chi connectivity index (χ0v) is 10.9. The van der Waals surface area contributed by atoms with Gasteiger partial charge in [0.1, 0.15) is 0 Å². The predicted molar refractivity (Wildman–Crippen MR) is 68.9 cm³/mol. The van der Waals surface area contributed by atoms with Gasteiger partial charge in [-0.15, -0.1) is 0 Å². The van der Waals surface area contributed by atoms with Crippen LogP contribution in [0.1, 0.15) is 32.6 Å². The summed E-state index contributed by atoms with van der Waals surface area (Å²) >= 11 is 0. The third-order valence-electron chi connectivity index (χ3n) is 4.31. The Morgan fingerprint density at radius 2 is 2.18 bits per heavy atom. The maximum Gasteiger partial charge on any atom is 0.227 e. The molecule has 98 valence electrons. The Hall–Kier alpha value is -0.610. The lowest BCUT2D eigenvalue weighted by atomic mass is 9.83. The first kappa shape index (κ1) is 12.8. The van der Waals surface area contributed by atoms with Crippen molar-refractivity contribution in [3.63, 3.8) is 0 Å². The van der Waals surface area contributed by atoms with E-state index in [1.165, 1.54) is 25.9 Å². The van der Waals surface area contributed by atoms with Gasteiger partial charge in [-0.2, -0.15) is 0 Å². The minimum Gasteiger partial charge on any atom is -0.354 e. The first-order valence-electron chi connectivity index (χ1n) is 6.98. The van der Waals surface area contributed by atoms with Gasteiger partial charge in [0.05, 0.1) is 5.41 Å². The molecule has 1 unspecified atom stereocenters. The molecule has 2 aliphatic heterocycles. The minimum absolute atomic E-state index is 0.134. The molecule has 2 fully saturated rings. The molecule has 0 aliphatic carbocycles. The molecule has 0 aromatic carbocycles. The molecular formula is C13H25N3O. The second-order valence-corrected chi connectivity index (χ2v) is 5.37. The first-order valence-corrected chi connectivity index (χ1v) is 6.98. The van der Waals surface area contributed by atoms with E-state index in [9.17, 15) is 4.79 Å². The zero-order valence-electron chi connectivity index (χ0n) is 10.9. The van der Waals surface area contributed by atoms with E-state index in [0.29, 0.717) is 0 Å². The molecule has 2 heterocycles. The van der Waals surface area contributed by atoms with E-state index in [4.69, 9.17) is 0 Å². The molecule has 0 bridgehead atoms. The smallest absolute Gasteiger partial charge is 0.227 e. The lowest BCUT2D eigenvalue weighted by Gasteiger charge is -2.26. The van der Waals surface area contributed by atoms with Crippen molar-refractivity contribution >= 4 is 5.91 Å². The summed E-state index contributed by atoms with van der Waals surface area (Å²) in [7, 11) is 0. The zero-order chi connectivity index (χ0) is 12.1. The Morgan fingerprint density at radius 3 is 2.76 bits per heavy atom. The molecule has 17 heavy (non-hydrogen) atoms. The van der Waals surface area contributed by atoms with Gasteiger partial charge in [-0.05, 0) is 45.3 Å². The van der Waals surface area contributed by atoms with Crippen LogP contribution in [-0.2, 0) is 4.79 Å². The van der Waals surface area contributed by atoms with Crippen LogP contribution in [0.5, 0.6) is 0 Å². The van der Waals surface area contributed by atoms with Gasteiger partial charge in [-0.1, -0.05) is 6.92 Å². The summed E-state index contributed by atoms with van der Waals surface area (Å²) in [5.74, 6) is 0.254. The molecule has 4 heteroatoms. The molecule has 0 aromatic heterocycles. The fourth-order valence-electron chi connectivity index (χ4n) is 2.92. The summed E-state index contributed by atoms with van der Waals surface area (Å²) in [6.45, 7) is 8.17. The van der Waals surface area contributed by atoms with Gasteiger partial charge in [-0.3, -0.25) is 4.79 Å². The van der Waals surface area contributed by atoms with Crippen LogP contribution in [0, 0.1) is 5.41 Å². The van der Waals surface area contributed by atoms with Gasteiger partial charge in [0.2, 0.25) is 5.91 Å². The number of nitrogens with zero attached hydrogens (tertiary/aromatic N) is 1. The number of rotatable bonds is 5. The third kappa shape index (κ3) is 2.99. The number of carbonyl (C=O) groups is 1. The van der Waals surface area contributed by atoms with Crippen LogP contribution in [0.25, 0.3) is 0 Å². The molecule has 2 rings (SSSR count). The fraction of sp³-hybridized carbons (Fsp3) is 0.923. The van der Waals surface area contributed by atoms with Gasteiger partial charge in [0.15, 0.2) is 0 Å². The number of likely N-dealkylation sites (tertiary alicyclic amines) is 1. The maximum absolute atomic E-state index is 12.2. The topological polar surface area (TPSA) is 44.4 Å². The molecule has 2 N–H and O–H groups in total. The number of amides is 1. The summed E-state index contributed by atoms with van der Waals surface area (Å²) < 4.78 is 0. The Bertz CT molecular complexity index is 255. The first-order chi connectivity index (χ1) is 8.27.